The SMILES string of the molecule is Cc1c(N)ncnc1SCc1ccccc1. The van der Waals surface area contributed by atoms with E-state index in [0.29, 0.717) is 5.82 Å². The van der Waals surface area contributed by atoms with Crippen molar-refractivity contribution in [2.45, 2.75) is 17.7 Å². The smallest absolute Gasteiger partial charge is 0.130 e. The molecule has 2 N–H and O–H groups in total. The molecule has 0 saturated carbocycles. The van der Waals surface area contributed by atoms with Gasteiger partial charge >= 0.3 is 0 Å². The van der Waals surface area contributed by atoms with E-state index in [1.165, 1.54) is 11.9 Å². The molecule has 3 nitrogen and oxygen atoms in total. The molecule has 0 aliphatic heterocycles. The number of nitrogens with zero attached hydrogens (tertiary/aromatic N) is 2. The lowest BCUT2D eigenvalue weighted by molar-refractivity contribution is 1.01. The molecule has 0 amide bonds. The van der Waals surface area contributed by atoms with E-state index in [1.54, 1.807) is 11.8 Å². The van der Waals surface area contributed by atoms with Gasteiger partial charge in [0.25, 0.3) is 0 Å². The molecule has 2 aromatic rings. The van der Waals surface area contributed by atoms with Crippen molar-refractivity contribution in [3.63, 3.8) is 0 Å². The Morgan fingerprint density at radius 1 is 1.19 bits per heavy atom. The van der Waals surface area contributed by atoms with E-state index < -0.39 is 0 Å². The summed E-state index contributed by atoms with van der Waals surface area (Å²) in [5, 5.41) is 0.955. The first-order valence-electron chi connectivity index (χ1n) is 5.01. The maximum atomic E-state index is 5.73. The molecule has 0 spiro atoms. The second-order valence-corrected chi connectivity index (χ2v) is 4.43. The molecule has 1 aromatic heterocycles. The summed E-state index contributed by atoms with van der Waals surface area (Å²) in [5.41, 5.74) is 7.97. The molecular weight excluding hydrogens is 218 g/mol. The Bertz CT molecular complexity index is 471. The summed E-state index contributed by atoms with van der Waals surface area (Å²) in [6.07, 6.45) is 1.51. The van der Waals surface area contributed by atoms with Gasteiger partial charge in [0, 0.05) is 11.3 Å². The molecule has 0 unspecified atom stereocenters. The van der Waals surface area contributed by atoms with Crippen LogP contribution in [0.15, 0.2) is 41.7 Å². The maximum absolute atomic E-state index is 5.73. The van der Waals surface area contributed by atoms with Crippen molar-refractivity contribution in [2.75, 3.05) is 5.73 Å². The number of hydrogen-bond acceptors (Lipinski definition) is 4. The zero-order valence-electron chi connectivity index (χ0n) is 9.05. The average Bonchev–Trinajstić information content (AvgIpc) is 2.32. The van der Waals surface area contributed by atoms with Crippen LogP contribution in [0, 0.1) is 6.92 Å². The van der Waals surface area contributed by atoms with Crippen LogP contribution in [0.4, 0.5) is 5.82 Å². The van der Waals surface area contributed by atoms with E-state index in [2.05, 4.69) is 22.1 Å². The van der Waals surface area contributed by atoms with Crippen LogP contribution in [0.2, 0.25) is 0 Å². The summed E-state index contributed by atoms with van der Waals surface area (Å²) in [7, 11) is 0. The van der Waals surface area contributed by atoms with Crippen LogP contribution in [-0.2, 0) is 5.75 Å². The van der Waals surface area contributed by atoms with E-state index in [1.807, 2.05) is 25.1 Å². The molecule has 0 fully saturated rings. The van der Waals surface area contributed by atoms with E-state index in [0.717, 1.165) is 16.3 Å². The predicted octanol–water partition coefficient (Wildman–Crippen LogP) is 2.66. The molecule has 2 rings (SSSR count). The fourth-order valence-electron chi connectivity index (χ4n) is 1.32. The van der Waals surface area contributed by atoms with E-state index in [9.17, 15) is 0 Å². The number of nitrogens with two attached hydrogens (primary N) is 1. The third-order valence-corrected chi connectivity index (χ3v) is 3.46. The van der Waals surface area contributed by atoms with Gasteiger partial charge in [-0.1, -0.05) is 30.3 Å². The highest BCUT2D eigenvalue weighted by Gasteiger charge is 2.04. The van der Waals surface area contributed by atoms with Crippen molar-refractivity contribution in [3.05, 3.63) is 47.8 Å². The highest BCUT2D eigenvalue weighted by Crippen LogP contribution is 2.25. The Morgan fingerprint density at radius 3 is 2.69 bits per heavy atom. The van der Waals surface area contributed by atoms with Crippen molar-refractivity contribution < 1.29 is 0 Å². The number of hydrogen-bond donors (Lipinski definition) is 1. The summed E-state index contributed by atoms with van der Waals surface area (Å²) in [4.78, 5) is 8.17. The van der Waals surface area contributed by atoms with Crippen LogP contribution < -0.4 is 5.73 Å². The Hall–Kier alpha value is -1.55. The summed E-state index contributed by atoms with van der Waals surface area (Å²) in [6, 6.07) is 10.3. The molecule has 0 bridgehead atoms. The largest absolute Gasteiger partial charge is 0.383 e. The minimum absolute atomic E-state index is 0.561. The fourth-order valence-corrected chi connectivity index (χ4v) is 2.26. The monoisotopic (exact) mass is 231 g/mol. The first kappa shape index (κ1) is 11.0. The molecule has 16 heavy (non-hydrogen) atoms. The van der Waals surface area contributed by atoms with Crippen LogP contribution >= 0.6 is 11.8 Å². The lowest BCUT2D eigenvalue weighted by Crippen LogP contribution is -1.97. The zero-order chi connectivity index (χ0) is 11.4. The van der Waals surface area contributed by atoms with Gasteiger partial charge < -0.3 is 5.73 Å². The number of rotatable bonds is 3. The minimum Gasteiger partial charge on any atom is -0.383 e. The van der Waals surface area contributed by atoms with E-state index in [4.69, 9.17) is 5.73 Å². The van der Waals surface area contributed by atoms with Gasteiger partial charge in [-0.15, -0.1) is 11.8 Å². The molecule has 0 aliphatic rings. The highest BCUT2D eigenvalue weighted by atomic mass is 32.2. The molecule has 82 valence electrons. The normalized spacial score (nSPS) is 10.3. The van der Waals surface area contributed by atoms with Crippen LogP contribution in [-0.4, -0.2) is 9.97 Å². The summed E-state index contributed by atoms with van der Waals surface area (Å²) >= 11 is 1.68. The molecule has 0 radical (unpaired) electrons. The molecule has 0 aliphatic carbocycles. The summed E-state index contributed by atoms with van der Waals surface area (Å²) in [5.74, 6) is 1.46. The number of aromatic nitrogens is 2. The standard InChI is InChI=1S/C12H13N3S/c1-9-11(13)14-8-15-12(9)16-7-10-5-3-2-4-6-10/h2-6,8H,7H2,1H3,(H2,13,14,15). The zero-order valence-corrected chi connectivity index (χ0v) is 9.87. The van der Waals surface area contributed by atoms with Gasteiger partial charge in [-0.05, 0) is 12.5 Å². The van der Waals surface area contributed by atoms with Crippen molar-refractivity contribution in [3.8, 4) is 0 Å². The van der Waals surface area contributed by atoms with Crippen LogP contribution in [0.25, 0.3) is 0 Å². The van der Waals surface area contributed by atoms with Crippen LogP contribution in [0.1, 0.15) is 11.1 Å². The van der Waals surface area contributed by atoms with Crippen LogP contribution in [0.3, 0.4) is 0 Å². The van der Waals surface area contributed by atoms with Gasteiger partial charge in [0.15, 0.2) is 0 Å². The van der Waals surface area contributed by atoms with E-state index in [-0.39, 0.29) is 0 Å². The molecule has 0 atom stereocenters. The predicted molar refractivity (Wildman–Crippen MR) is 67.2 cm³/mol. The minimum atomic E-state index is 0.561. The maximum Gasteiger partial charge on any atom is 0.130 e. The first-order valence-corrected chi connectivity index (χ1v) is 5.99. The van der Waals surface area contributed by atoms with Gasteiger partial charge in [-0.3, -0.25) is 0 Å². The molecule has 1 aromatic carbocycles. The quantitative estimate of drug-likeness (QED) is 0.651. The average molecular weight is 231 g/mol. The van der Waals surface area contributed by atoms with Gasteiger partial charge in [0.05, 0.1) is 0 Å². The van der Waals surface area contributed by atoms with Crippen molar-refractivity contribution >= 4 is 17.6 Å². The third kappa shape index (κ3) is 2.52. The lowest BCUT2D eigenvalue weighted by atomic mass is 10.2. The van der Waals surface area contributed by atoms with Crippen molar-refractivity contribution in [2.24, 2.45) is 0 Å². The fraction of sp³-hybridized carbons (Fsp3) is 0.167. The molecule has 1 heterocycles. The number of nitrogen functional groups attached to an aromatic ring is 1. The Labute approximate surface area is 99.1 Å². The van der Waals surface area contributed by atoms with Gasteiger partial charge in [0.2, 0.25) is 0 Å². The Morgan fingerprint density at radius 2 is 1.94 bits per heavy atom. The van der Waals surface area contributed by atoms with Gasteiger partial charge in [-0.2, -0.15) is 0 Å². The second-order valence-electron chi connectivity index (χ2n) is 3.46. The highest BCUT2D eigenvalue weighted by molar-refractivity contribution is 7.98. The number of thioether (sulfide) groups is 1. The number of anilines is 1. The Balaban J connectivity index is 2.08. The Kier molecular flexibility index (Phi) is 3.41. The first-order chi connectivity index (χ1) is 7.77. The van der Waals surface area contributed by atoms with Gasteiger partial charge in [0.1, 0.15) is 17.2 Å². The topological polar surface area (TPSA) is 51.8 Å². The van der Waals surface area contributed by atoms with Crippen molar-refractivity contribution in [1.82, 2.24) is 9.97 Å². The van der Waals surface area contributed by atoms with Crippen LogP contribution in [0.5, 0.6) is 0 Å². The lowest BCUT2D eigenvalue weighted by Gasteiger charge is -2.05. The third-order valence-electron chi connectivity index (χ3n) is 2.30. The summed E-state index contributed by atoms with van der Waals surface area (Å²) < 4.78 is 0. The second kappa shape index (κ2) is 4.99. The molecule has 0 saturated heterocycles. The molecular formula is C12H13N3S. The summed E-state index contributed by atoms with van der Waals surface area (Å²) in [6.45, 7) is 1.95. The van der Waals surface area contributed by atoms with Crippen molar-refractivity contribution in [1.29, 1.82) is 0 Å². The van der Waals surface area contributed by atoms with Gasteiger partial charge in [-0.25, -0.2) is 9.97 Å². The van der Waals surface area contributed by atoms with E-state index >= 15 is 0 Å². The molecule has 4 heteroatoms. The number of benzene rings is 1.